The molecule has 0 unspecified atom stereocenters. The molecule has 21 heavy (non-hydrogen) atoms. The number of carbonyl (C=O) groups is 1. The summed E-state index contributed by atoms with van der Waals surface area (Å²) in [5.74, 6) is -0.130. The summed E-state index contributed by atoms with van der Waals surface area (Å²) in [5.41, 5.74) is 2.16. The van der Waals surface area contributed by atoms with E-state index in [2.05, 4.69) is 38.4 Å². The SMILES string of the molecule is CCOC(=O)CCCNCc1ccc(Br)c2cccnc12. The molecule has 4 nitrogen and oxygen atoms in total. The van der Waals surface area contributed by atoms with Crippen molar-refractivity contribution >= 4 is 32.8 Å². The molecule has 0 saturated heterocycles. The standard InChI is InChI=1S/C16H19BrN2O2/c1-2-21-15(20)6-4-9-18-11-12-7-8-14(17)13-5-3-10-19-16(12)13/h3,5,7-8,10,18H,2,4,6,9,11H2,1H3. The summed E-state index contributed by atoms with van der Waals surface area (Å²) in [7, 11) is 0. The average Bonchev–Trinajstić information content (AvgIpc) is 2.49. The van der Waals surface area contributed by atoms with E-state index >= 15 is 0 Å². The van der Waals surface area contributed by atoms with Crippen LogP contribution in [-0.2, 0) is 16.1 Å². The smallest absolute Gasteiger partial charge is 0.305 e. The van der Waals surface area contributed by atoms with Gasteiger partial charge in [0.05, 0.1) is 12.1 Å². The number of hydrogen-bond acceptors (Lipinski definition) is 4. The van der Waals surface area contributed by atoms with E-state index in [4.69, 9.17) is 4.74 Å². The Balaban J connectivity index is 1.87. The van der Waals surface area contributed by atoms with E-state index in [1.165, 1.54) is 0 Å². The summed E-state index contributed by atoms with van der Waals surface area (Å²) in [5, 5.41) is 4.46. The number of carbonyl (C=O) groups excluding carboxylic acids is 1. The van der Waals surface area contributed by atoms with Gasteiger partial charge in [-0.2, -0.15) is 0 Å². The third kappa shape index (κ3) is 4.51. The highest BCUT2D eigenvalue weighted by Gasteiger charge is 2.05. The van der Waals surface area contributed by atoms with E-state index in [0.717, 1.165) is 40.4 Å². The van der Waals surface area contributed by atoms with Gasteiger partial charge in [0, 0.05) is 29.0 Å². The number of nitrogens with zero attached hydrogens (tertiary/aromatic N) is 1. The maximum atomic E-state index is 11.2. The molecule has 1 heterocycles. The quantitative estimate of drug-likeness (QED) is 0.613. The number of halogens is 1. The van der Waals surface area contributed by atoms with Crippen LogP contribution in [0.15, 0.2) is 34.9 Å². The van der Waals surface area contributed by atoms with Crippen molar-refractivity contribution in [3.63, 3.8) is 0 Å². The van der Waals surface area contributed by atoms with E-state index < -0.39 is 0 Å². The second kappa shape index (κ2) is 8.10. The Hall–Kier alpha value is -1.46. The minimum Gasteiger partial charge on any atom is -0.466 e. The predicted molar refractivity (Wildman–Crippen MR) is 87.0 cm³/mol. The molecule has 0 amide bonds. The van der Waals surface area contributed by atoms with Crippen molar-refractivity contribution in [1.29, 1.82) is 0 Å². The number of rotatable bonds is 7. The van der Waals surface area contributed by atoms with Gasteiger partial charge in [-0.15, -0.1) is 0 Å². The van der Waals surface area contributed by atoms with Gasteiger partial charge in [-0.05, 0) is 37.6 Å². The lowest BCUT2D eigenvalue weighted by Crippen LogP contribution is -2.16. The Morgan fingerprint density at radius 1 is 1.38 bits per heavy atom. The van der Waals surface area contributed by atoms with Gasteiger partial charge < -0.3 is 10.1 Å². The molecule has 1 N–H and O–H groups in total. The first-order chi connectivity index (χ1) is 10.2. The lowest BCUT2D eigenvalue weighted by Gasteiger charge is -2.08. The zero-order valence-electron chi connectivity index (χ0n) is 12.1. The van der Waals surface area contributed by atoms with Crippen LogP contribution in [0.1, 0.15) is 25.3 Å². The molecule has 0 radical (unpaired) electrons. The summed E-state index contributed by atoms with van der Waals surface area (Å²) in [6.07, 6.45) is 3.04. The average molecular weight is 351 g/mol. The minimum absolute atomic E-state index is 0.130. The van der Waals surface area contributed by atoms with Crippen molar-refractivity contribution in [2.75, 3.05) is 13.2 Å². The van der Waals surface area contributed by atoms with Gasteiger partial charge in [-0.1, -0.05) is 28.1 Å². The summed E-state index contributed by atoms with van der Waals surface area (Å²) in [6.45, 7) is 3.79. The van der Waals surface area contributed by atoms with Gasteiger partial charge in [-0.3, -0.25) is 9.78 Å². The van der Waals surface area contributed by atoms with Crippen LogP contribution in [0.25, 0.3) is 10.9 Å². The number of ether oxygens (including phenoxy) is 1. The van der Waals surface area contributed by atoms with E-state index in [1.807, 2.05) is 19.1 Å². The maximum Gasteiger partial charge on any atom is 0.305 e. The molecule has 2 rings (SSSR count). The van der Waals surface area contributed by atoms with E-state index in [9.17, 15) is 4.79 Å². The van der Waals surface area contributed by atoms with Crippen LogP contribution >= 0.6 is 15.9 Å². The Kier molecular flexibility index (Phi) is 6.14. The van der Waals surface area contributed by atoms with Crippen molar-refractivity contribution in [2.24, 2.45) is 0 Å². The number of aromatic nitrogens is 1. The highest BCUT2D eigenvalue weighted by Crippen LogP contribution is 2.25. The monoisotopic (exact) mass is 350 g/mol. The first-order valence-corrected chi connectivity index (χ1v) is 7.90. The molecule has 5 heteroatoms. The third-order valence-electron chi connectivity index (χ3n) is 3.16. The van der Waals surface area contributed by atoms with E-state index in [1.54, 1.807) is 6.20 Å². The van der Waals surface area contributed by atoms with Crippen LogP contribution in [0.5, 0.6) is 0 Å². The molecular weight excluding hydrogens is 332 g/mol. The molecule has 0 aliphatic carbocycles. The molecule has 1 aromatic heterocycles. The van der Waals surface area contributed by atoms with Gasteiger partial charge in [0.1, 0.15) is 0 Å². The van der Waals surface area contributed by atoms with Gasteiger partial charge in [0.15, 0.2) is 0 Å². The van der Waals surface area contributed by atoms with Crippen LogP contribution in [0.2, 0.25) is 0 Å². The first-order valence-electron chi connectivity index (χ1n) is 7.11. The van der Waals surface area contributed by atoms with Crippen LogP contribution in [0.3, 0.4) is 0 Å². The summed E-state index contributed by atoms with van der Waals surface area (Å²) in [6, 6.07) is 8.09. The summed E-state index contributed by atoms with van der Waals surface area (Å²) >= 11 is 3.54. The molecule has 0 atom stereocenters. The molecule has 0 aliphatic heterocycles. The Morgan fingerprint density at radius 2 is 2.24 bits per heavy atom. The van der Waals surface area contributed by atoms with Crippen molar-refractivity contribution in [3.8, 4) is 0 Å². The zero-order chi connectivity index (χ0) is 15.1. The number of nitrogens with one attached hydrogen (secondary N) is 1. The Morgan fingerprint density at radius 3 is 3.05 bits per heavy atom. The normalized spacial score (nSPS) is 10.8. The Bertz CT molecular complexity index is 616. The molecule has 112 valence electrons. The molecule has 0 saturated carbocycles. The van der Waals surface area contributed by atoms with Gasteiger partial charge in [-0.25, -0.2) is 0 Å². The number of fused-ring (bicyclic) bond motifs is 1. The highest BCUT2D eigenvalue weighted by atomic mass is 79.9. The second-order valence-corrected chi connectivity index (χ2v) is 5.55. The van der Waals surface area contributed by atoms with E-state index in [-0.39, 0.29) is 5.97 Å². The number of pyridine rings is 1. The van der Waals surface area contributed by atoms with Crippen molar-refractivity contribution in [1.82, 2.24) is 10.3 Å². The summed E-state index contributed by atoms with van der Waals surface area (Å²) in [4.78, 5) is 15.7. The molecule has 0 spiro atoms. The lowest BCUT2D eigenvalue weighted by molar-refractivity contribution is -0.143. The summed E-state index contributed by atoms with van der Waals surface area (Å²) < 4.78 is 5.95. The van der Waals surface area contributed by atoms with Crippen molar-refractivity contribution in [3.05, 3.63) is 40.5 Å². The number of hydrogen-bond donors (Lipinski definition) is 1. The fourth-order valence-corrected chi connectivity index (χ4v) is 2.61. The second-order valence-electron chi connectivity index (χ2n) is 4.69. The predicted octanol–water partition coefficient (Wildman–Crippen LogP) is 3.43. The molecule has 0 bridgehead atoms. The van der Waals surface area contributed by atoms with Crippen LogP contribution in [0.4, 0.5) is 0 Å². The fraction of sp³-hybridized carbons (Fsp3) is 0.375. The largest absolute Gasteiger partial charge is 0.466 e. The van der Waals surface area contributed by atoms with Crippen molar-refractivity contribution < 1.29 is 9.53 Å². The number of benzene rings is 1. The van der Waals surface area contributed by atoms with Crippen LogP contribution in [0, 0.1) is 0 Å². The van der Waals surface area contributed by atoms with Crippen molar-refractivity contribution in [2.45, 2.75) is 26.3 Å². The van der Waals surface area contributed by atoms with Gasteiger partial charge >= 0.3 is 5.97 Å². The lowest BCUT2D eigenvalue weighted by atomic mass is 10.1. The van der Waals surface area contributed by atoms with Gasteiger partial charge in [0.2, 0.25) is 0 Å². The van der Waals surface area contributed by atoms with Crippen LogP contribution in [-0.4, -0.2) is 24.1 Å². The minimum atomic E-state index is -0.130. The third-order valence-corrected chi connectivity index (χ3v) is 3.85. The molecular formula is C16H19BrN2O2. The molecule has 2 aromatic rings. The molecule has 0 aliphatic rings. The maximum absolute atomic E-state index is 11.2. The fourth-order valence-electron chi connectivity index (χ4n) is 2.15. The first kappa shape index (κ1) is 15.9. The van der Waals surface area contributed by atoms with Crippen LogP contribution < -0.4 is 5.32 Å². The number of esters is 1. The zero-order valence-corrected chi connectivity index (χ0v) is 13.6. The van der Waals surface area contributed by atoms with E-state index in [0.29, 0.717) is 13.0 Å². The molecule has 1 aromatic carbocycles. The Labute approximate surface area is 133 Å². The van der Waals surface area contributed by atoms with Gasteiger partial charge in [0.25, 0.3) is 0 Å². The topological polar surface area (TPSA) is 51.2 Å². The molecule has 0 fully saturated rings. The highest BCUT2D eigenvalue weighted by molar-refractivity contribution is 9.10.